The summed E-state index contributed by atoms with van der Waals surface area (Å²) >= 11 is 0. The topological polar surface area (TPSA) is 58.4 Å². The molecule has 2 fully saturated rings. The van der Waals surface area contributed by atoms with Crippen LogP contribution in [0.1, 0.15) is 30.9 Å². The molecule has 2 aliphatic rings. The second-order valence-corrected chi connectivity index (χ2v) is 5.94. The summed E-state index contributed by atoms with van der Waals surface area (Å²) in [6.45, 7) is 3.46. The molecule has 0 bridgehead atoms. The Morgan fingerprint density at radius 1 is 1.38 bits per heavy atom. The van der Waals surface area contributed by atoms with Crippen LogP contribution in [0.2, 0.25) is 0 Å². The first-order valence-corrected chi connectivity index (χ1v) is 7.54. The molecule has 1 heterocycles. The van der Waals surface area contributed by atoms with Crippen LogP contribution < -0.4 is 5.32 Å². The number of halogens is 1. The van der Waals surface area contributed by atoms with Gasteiger partial charge in [0.15, 0.2) is 0 Å². The van der Waals surface area contributed by atoms with Crippen LogP contribution in [0, 0.1) is 21.8 Å². The van der Waals surface area contributed by atoms with E-state index in [0.29, 0.717) is 11.5 Å². The molecule has 1 saturated heterocycles. The number of nitrogens with one attached hydrogen (secondary N) is 1. The molecule has 0 unspecified atom stereocenters. The molecule has 0 amide bonds. The van der Waals surface area contributed by atoms with Crippen molar-refractivity contribution in [2.45, 2.75) is 25.3 Å². The summed E-state index contributed by atoms with van der Waals surface area (Å²) in [6, 6.07) is 3.78. The van der Waals surface area contributed by atoms with Gasteiger partial charge in [-0.25, -0.2) is 4.39 Å². The Morgan fingerprint density at radius 2 is 2.10 bits per heavy atom. The van der Waals surface area contributed by atoms with Gasteiger partial charge in [-0.3, -0.25) is 15.0 Å². The van der Waals surface area contributed by atoms with Gasteiger partial charge in [0, 0.05) is 43.9 Å². The van der Waals surface area contributed by atoms with E-state index in [1.54, 1.807) is 0 Å². The molecule has 1 aliphatic heterocycles. The zero-order valence-corrected chi connectivity index (χ0v) is 11.9. The van der Waals surface area contributed by atoms with Gasteiger partial charge in [0.25, 0.3) is 5.69 Å². The van der Waals surface area contributed by atoms with Crippen molar-refractivity contribution in [2.24, 2.45) is 5.92 Å². The summed E-state index contributed by atoms with van der Waals surface area (Å²) in [7, 11) is 0. The largest absolute Gasteiger partial charge is 0.314 e. The lowest BCUT2D eigenvalue weighted by Gasteiger charge is -2.35. The zero-order valence-electron chi connectivity index (χ0n) is 11.9. The van der Waals surface area contributed by atoms with E-state index in [-0.39, 0.29) is 11.7 Å². The number of nitrogens with zero attached hydrogens (tertiary/aromatic N) is 2. The van der Waals surface area contributed by atoms with Crippen molar-refractivity contribution in [2.75, 3.05) is 26.2 Å². The van der Waals surface area contributed by atoms with E-state index >= 15 is 0 Å². The van der Waals surface area contributed by atoms with Gasteiger partial charge < -0.3 is 5.32 Å². The molecule has 1 aliphatic carbocycles. The van der Waals surface area contributed by atoms with Crippen molar-refractivity contribution in [3.63, 3.8) is 0 Å². The minimum absolute atomic E-state index is 0.0422. The van der Waals surface area contributed by atoms with Gasteiger partial charge in [0.05, 0.1) is 4.92 Å². The molecule has 21 heavy (non-hydrogen) atoms. The number of nitro groups is 1. The highest BCUT2D eigenvalue weighted by molar-refractivity contribution is 5.42. The molecule has 1 aromatic carbocycles. The lowest BCUT2D eigenvalue weighted by atomic mass is 9.97. The summed E-state index contributed by atoms with van der Waals surface area (Å²) in [4.78, 5) is 13.1. The Bertz CT molecular complexity index is 528. The monoisotopic (exact) mass is 293 g/mol. The predicted molar refractivity (Wildman–Crippen MR) is 77.6 cm³/mol. The van der Waals surface area contributed by atoms with E-state index in [0.717, 1.165) is 32.6 Å². The van der Waals surface area contributed by atoms with Crippen molar-refractivity contribution in [3.05, 3.63) is 39.7 Å². The molecular weight excluding hydrogens is 273 g/mol. The van der Waals surface area contributed by atoms with Crippen LogP contribution >= 0.6 is 0 Å². The Labute approximate surface area is 123 Å². The van der Waals surface area contributed by atoms with E-state index in [1.807, 2.05) is 0 Å². The van der Waals surface area contributed by atoms with Gasteiger partial charge in [0.2, 0.25) is 0 Å². The number of hydrogen-bond acceptors (Lipinski definition) is 4. The van der Waals surface area contributed by atoms with E-state index in [4.69, 9.17) is 0 Å². The average Bonchev–Trinajstić information content (AvgIpc) is 3.29. The first kappa shape index (κ1) is 14.4. The number of benzene rings is 1. The maximum Gasteiger partial charge on any atom is 0.274 e. The third kappa shape index (κ3) is 3.39. The van der Waals surface area contributed by atoms with Crippen LogP contribution in [0.3, 0.4) is 0 Å². The number of rotatable bonds is 5. The lowest BCUT2D eigenvalue weighted by molar-refractivity contribution is -0.386. The zero-order chi connectivity index (χ0) is 14.8. The summed E-state index contributed by atoms with van der Waals surface area (Å²) < 4.78 is 13.6. The first-order chi connectivity index (χ1) is 10.1. The Morgan fingerprint density at radius 3 is 2.71 bits per heavy atom. The van der Waals surface area contributed by atoms with E-state index in [9.17, 15) is 14.5 Å². The third-order valence-corrected chi connectivity index (χ3v) is 4.39. The van der Waals surface area contributed by atoms with Crippen LogP contribution in [0.25, 0.3) is 0 Å². The third-order valence-electron chi connectivity index (χ3n) is 4.39. The second kappa shape index (κ2) is 6.07. The number of hydrogen-bond donors (Lipinski definition) is 1. The molecule has 0 spiro atoms. The maximum atomic E-state index is 13.6. The smallest absolute Gasteiger partial charge is 0.274 e. The molecule has 1 saturated carbocycles. The second-order valence-electron chi connectivity index (χ2n) is 5.94. The first-order valence-electron chi connectivity index (χ1n) is 7.54. The Hall–Kier alpha value is -1.53. The molecular formula is C15H20FN3O2. The summed E-state index contributed by atoms with van der Waals surface area (Å²) in [5, 5.41) is 14.6. The molecule has 1 N–H and O–H groups in total. The van der Waals surface area contributed by atoms with E-state index in [1.165, 1.54) is 31.0 Å². The van der Waals surface area contributed by atoms with Gasteiger partial charge in [0.1, 0.15) is 5.82 Å². The van der Waals surface area contributed by atoms with Crippen LogP contribution in [0.5, 0.6) is 0 Å². The standard InChI is InChI=1S/C15H20FN3O2/c16-12-3-4-14(19(20)21)13(10-12)15(9-11-1-2-11)18-7-5-17-6-8-18/h3-4,10-11,15,17H,1-2,5-9H2/t15-/m1/s1. The quantitative estimate of drug-likeness (QED) is 0.669. The van der Waals surface area contributed by atoms with Crippen molar-refractivity contribution in [1.29, 1.82) is 0 Å². The van der Waals surface area contributed by atoms with E-state index in [2.05, 4.69) is 10.2 Å². The van der Waals surface area contributed by atoms with Crippen molar-refractivity contribution in [1.82, 2.24) is 10.2 Å². The Kier molecular flexibility index (Phi) is 4.17. The molecule has 3 rings (SSSR count). The number of piperazine rings is 1. The van der Waals surface area contributed by atoms with Crippen LogP contribution in [-0.4, -0.2) is 36.0 Å². The summed E-state index contributed by atoms with van der Waals surface area (Å²) in [6.07, 6.45) is 3.27. The van der Waals surface area contributed by atoms with Crippen molar-refractivity contribution < 1.29 is 9.31 Å². The molecule has 114 valence electrons. The van der Waals surface area contributed by atoms with Gasteiger partial charge in [-0.1, -0.05) is 12.8 Å². The molecule has 1 atom stereocenters. The highest BCUT2D eigenvalue weighted by atomic mass is 19.1. The predicted octanol–water partition coefficient (Wildman–Crippen LogP) is 2.48. The molecule has 6 heteroatoms. The highest BCUT2D eigenvalue weighted by Crippen LogP contribution is 2.42. The minimum Gasteiger partial charge on any atom is -0.314 e. The minimum atomic E-state index is -0.397. The SMILES string of the molecule is O=[N+]([O-])c1ccc(F)cc1[C@@H](CC1CC1)N1CCNCC1. The summed E-state index contributed by atoms with van der Waals surface area (Å²) in [5.74, 6) is 0.235. The maximum absolute atomic E-state index is 13.6. The Balaban J connectivity index is 1.93. The van der Waals surface area contributed by atoms with Crippen molar-refractivity contribution in [3.8, 4) is 0 Å². The lowest BCUT2D eigenvalue weighted by Crippen LogP contribution is -2.45. The van der Waals surface area contributed by atoms with Gasteiger partial charge >= 0.3 is 0 Å². The average molecular weight is 293 g/mol. The molecule has 0 aromatic heterocycles. The van der Waals surface area contributed by atoms with E-state index < -0.39 is 10.7 Å². The van der Waals surface area contributed by atoms with Gasteiger partial charge in [-0.15, -0.1) is 0 Å². The molecule has 1 aromatic rings. The fourth-order valence-corrected chi connectivity index (χ4v) is 3.09. The highest BCUT2D eigenvalue weighted by Gasteiger charge is 2.34. The van der Waals surface area contributed by atoms with Crippen molar-refractivity contribution >= 4 is 5.69 Å². The fourth-order valence-electron chi connectivity index (χ4n) is 3.09. The molecule has 5 nitrogen and oxygen atoms in total. The van der Waals surface area contributed by atoms with Crippen LogP contribution in [0.15, 0.2) is 18.2 Å². The fraction of sp³-hybridized carbons (Fsp3) is 0.600. The van der Waals surface area contributed by atoms with Crippen LogP contribution in [-0.2, 0) is 0 Å². The van der Waals surface area contributed by atoms with Gasteiger partial charge in [-0.05, 0) is 24.5 Å². The van der Waals surface area contributed by atoms with Gasteiger partial charge in [-0.2, -0.15) is 0 Å². The summed E-state index contributed by atoms with van der Waals surface area (Å²) in [5.41, 5.74) is 0.578. The van der Waals surface area contributed by atoms with Crippen LogP contribution in [0.4, 0.5) is 10.1 Å². The normalized spacial score (nSPS) is 21.2. The number of nitro benzene ring substituents is 1. The molecule has 0 radical (unpaired) electrons.